The molecule has 4 saturated carbocycles. The average Bonchev–Trinajstić information content (AvgIpc) is 2.83. The fourth-order valence-electron chi connectivity index (χ4n) is 10.1. The summed E-state index contributed by atoms with van der Waals surface area (Å²) in [7, 11) is 0. The highest BCUT2D eigenvalue weighted by molar-refractivity contribution is 5.58. The molecule has 0 aromatic heterocycles. The monoisotopic (exact) mass is 363 g/mol. The van der Waals surface area contributed by atoms with Gasteiger partial charge in [0.25, 0.3) is 0 Å². The van der Waals surface area contributed by atoms with Crippen LogP contribution in [0.1, 0.15) is 77.7 Å². The van der Waals surface area contributed by atoms with Crippen LogP contribution in [-0.2, 0) is 0 Å². The number of benzene rings is 1. The largest absolute Gasteiger partial charge is 0.363 e. The second kappa shape index (κ2) is 5.14. The summed E-state index contributed by atoms with van der Waals surface area (Å²) < 4.78 is 0. The van der Waals surface area contributed by atoms with Crippen molar-refractivity contribution in [2.75, 3.05) is 4.90 Å². The molecule has 1 saturated heterocycles. The summed E-state index contributed by atoms with van der Waals surface area (Å²) in [5.74, 6) is 4.19. The molecule has 0 N–H and O–H groups in total. The molecule has 5 unspecified atom stereocenters. The standard InChI is InChI=1S/C26H37N/c1-17-7-5-6-8-21(17)27-18(2)26(16-24(27,3)4)22-11-9-19-13-20-10-12-23(26)25(22,14-19)15-20/h5-8,18-20,22-23H,9-16H2,1-4H3. The maximum Gasteiger partial charge on any atom is 0.0402 e. The molecule has 5 atom stereocenters. The molecule has 146 valence electrons. The Morgan fingerprint density at radius 1 is 0.926 bits per heavy atom. The van der Waals surface area contributed by atoms with Crippen LogP contribution in [0.25, 0.3) is 0 Å². The zero-order chi connectivity index (χ0) is 18.6. The Labute approximate surface area is 165 Å². The summed E-state index contributed by atoms with van der Waals surface area (Å²) in [5.41, 5.74) is 4.57. The van der Waals surface area contributed by atoms with E-state index in [4.69, 9.17) is 0 Å². The second-order valence-corrected chi connectivity index (χ2v) is 11.8. The molecule has 1 heterocycles. The van der Waals surface area contributed by atoms with Crippen LogP contribution >= 0.6 is 0 Å². The van der Waals surface area contributed by atoms with Crippen LogP contribution < -0.4 is 4.90 Å². The van der Waals surface area contributed by atoms with Crippen LogP contribution in [0.4, 0.5) is 5.69 Å². The minimum atomic E-state index is 0.273. The SMILES string of the molecule is Cc1ccccc1N1C(C)C2(CC1(C)C)C1CCC3CC4CCC2C1(C3)C4. The van der Waals surface area contributed by atoms with E-state index in [2.05, 4.69) is 56.9 Å². The zero-order valence-corrected chi connectivity index (χ0v) is 17.8. The van der Waals surface area contributed by atoms with Crippen LogP contribution in [0.3, 0.4) is 0 Å². The number of hydrogen-bond donors (Lipinski definition) is 0. The molecule has 1 heteroatoms. The van der Waals surface area contributed by atoms with E-state index in [-0.39, 0.29) is 5.54 Å². The van der Waals surface area contributed by atoms with Crippen molar-refractivity contribution in [2.45, 2.75) is 90.6 Å². The lowest BCUT2D eigenvalue weighted by Gasteiger charge is -2.77. The van der Waals surface area contributed by atoms with Gasteiger partial charge in [-0.1, -0.05) is 31.0 Å². The molecule has 1 aliphatic heterocycles. The van der Waals surface area contributed by atoms with E-state index in [0.29, 0.717) is 11.5 Å². The van der Waals surface area contributed by atoms with E-state index in [1.54, 1.807) is 19.3 Å². The van der Waals surface area contributed by atoms with Gasteiger partial charge in [0.2, 0.25) is 0 Å². The molecular weight excluding hydrogens is 326 g/mol. The Kier molecular flexibility index (Phi) is 3.22. The van der Waals surface area contributed by atoms with E-state index < -0.39 is 0 Å². The maximum atomic E-state index is 2.86. The van der Waals surface area contributed by atoms with Gasteiger partial charge in [-0.2, -0.15) is 0 Å². The van der Waals surface area contributed by atoms with E-state index in [1.165, 1.54) is 43.4 Å². The van der Waals surface area contributed by atoms with Crippen LogP contribution in [0.5, 0.6) is 0 Å². The Balaban J connectivity index is 1.45. The third kappa shape index (κ3) is 1.88. The summed E-state index contributed by atoms with van der Waals surface area (Å²) in [4.78, 5) is 2.86. The highest BCUT2D eigenvalue weighted by Crippen LogP contribution is 2.81. The highest BCUT2D eigenvalue weighted by Gasteiger charge is 2.77. The fraction of sp³-hybridized carbons (Fsp3) is 0.769. The normalized spacial score (nSPS) is 49.2. The van der Waals surface area contributed by atoms with Gasteiger partial charge < -0.3 is 4.90 Å². The van der Waals surface area contributed by atoms with Gasteiger partial charge in [0, 0.05) is 17.3 Å². The molecule has 1 aromatic carbocycles. The van der Waals surface area contributed by atoms with E-state index >= 15 is 0 Å². The Morgan fingerprint density at radius 2 is 1.56 bits per heavy atom. The van der Waals surface area contributed by atoms with Crippen molar-refractivity contribution in [3.63, 3.8) is 0 Å². The number of hydrogen-bond acceptors (Lipinski definition) is 1. The molecular formula is C26H37N. The summed E-state index contributed by atoms with van der Waals surface area (Å²) in [6.45, 7) is 9.99. The van der Waals surface area contributed by atoms with Gasteiger partial charge in [0.15, 0.2) is 0 Å². The lowest BCUT2D eigenvalue weighted by Crippen LogP contribution is -2.72. The first-order chi connectivity index (χ1) is 12.9. The van der Waals surface area contributed by atoms with Crippen LogP contribution in [0.15, 0.2) is 24.3 Å². The minimum absolute atomic E-state index is 0.273. The van der Waals surface area contributed by atoms with Crippen LogP contribution in [0.2, 0.25) is 0 Å². The van der Waals surface area contributed by atoms with Crippen molar-refractivity contribution in [1.29, 1.82) is 0 Å². The van der Waals surface area contributed by atoms with Crippen molar-refractivity contribution >= 4 is 5.69 Å². The number of para-hydroxylation sites is 1. The molecule has 6 rings (SSSR count). The van der Waals surface area contributed by atoms with Crippen molar-refractivity contribution in [2.24, 2.45) is 34.5 Å². The molecule has 0 amide bonds. The van der Waals surface area contributed by atoms with Gasteiger partial charge >= 0.3 is 0 Å². The molecule has 1 nitrogen and oxygen atoms in total. The third-order valence-corrected chi connectivity index (χ3v) is 10.3. The van der Waals surface area contributed by atoms with E-state index in [1.807, 2.05) is 0 Å². The van der Waals surface area contributed by atoms with Crippen molar-refractivity contribution in [3.8, 4) is 0 Å². The lowest BCUT2D eigenvalue weighted by atomic mass is 9.27. The lowest BCUT2D eigenvalue weighted by molar-refractivity contribution is -0.277. The van der Waals surface area contributed by atoms with Gasteiger partial charge in [0.05, 0.1) is 0 Å². The van der Waals surface area contributed by atoms with Crippen LogP contribution in [-0.4, -0.2) is 11.6 Å². The second-order valence-electron chi connectivity index (χ2n) is 11.8. The number of rotatable bonds is 1. The maximum absolute atomic E-state index is 2.86. The first-order valence-electron chi connectivity index (χ1n) is 11.7. The third-order valence-electron chi connectivity index (χ3n) is 10.3. The molecule has 4 aliphatic carbocycles. The smallest absolute Gasteiger partial charge is 0.0402 e. The van der Waals surface area contributed by atoms with Crippen LogP contribution in [0, 0.1) is 41.4 Å². The topological polar surface area (TPSA) is 3.24 Å². The summed E-state index contributed by atoms with van der Waals surface area (Å²) in [5, 5.41) is 0. The zero-order valence-electron chi connectivity index (χ0n) is 17.8. The molecule has 5 aliphatic rings. The van der Waals surface area contributed by atoms with Crippen molar-refractivity contribution in [1.82, 2.24) is 0 Å². The Morgan fingerprint density at radius 3 is 2.19 bits per heavy atom. The van der Waals surface area contributed by atoms with Crippen molar-refractivity contribution in [3.05, 3.63) is 29.8 Å². The number of nitrogens with zero attached hydrogens (tertiary/aromatic N) is 1. The Hall–Kier alpha value is -0.980. The number of anilines is 1. The molecule has 2 spiro atoms. The van der Waals surface area contributed by atoms with Gasteiger partial charge in [-0.25, -0.2) is 0 Å². The minimum Gasteiger partial charge on any atom is -0.363 e. The first-order valence-corrected chi connectivity index (χ1v) is 11.7. The fourth-order valence-corrected chi connectivity index (χ4v) is 10.1. The number of fused-ring (bicyclic) bond motifs is 4. The predicted molar refractivity (Wildman–Crippen MR) is 113 cm³/mol. The van der Waals surface area contributed by atoms with Gasteiger partial charge in [-0.3, -0.25) is 0 Å². The summed E-state index contributed by atoms with van der Waals surface area (Å²) in [6, 6.07) is 9.82. The van der Waals surface area contributed by atoms with Gasteiger partial charge in [-0.05, 0) is 112 Å². The quantitative estimate of drug-likeness (QED) is 0.543. The summed E-state index contributed by atoms with van der Waals surface area (Å²) in [6.07, 6.45) is 12.3. The van der Waals surface area contributed by atoms with E-state index in [0.717, 1.165) is 29.1 Å². The Bertz CT molecular complexity index is 750. The summed E-state index contributed by atoms with van der Waals surface area (Å²) >= 11 is 0. The molecule has 1 aromatic rings. The molecule has 5 fully saturated rings. The van der Waals surface area contributed by atoms with E-state index in [9.17, 15) is 0 Å². The average molecular weight is 364 g/mol. The molecule has 0 radical (unpaired) electrons. The number of aryl methyl sites for hydroxylation is 1. The molecule has 27 heavy (non-hydrogen) atoms. The molecule has 3 bridgehead atoms. The van der Waals surface area contributed by atoms with Gasteiger partial charge in [0.1, 0.15) is 0 Å². The van der Waals surface area contributed by atoms with Crippen molar-refractivity contribution < 1.29 is 0 Å². The highest BCUT2D eigenvalue weighted by atomic mass is 15.3. The van der Waals surface area contributed by atoms with Gasteiger partial charge in [-0.15, -0.1) is 0 Å². The predicted octanol–water partition coefficient (Wildman–Crippen LogP) is 6.59. The first kappa shape index (κ1) is 16.9.